The quantitative estimate of drug-likeness (QED) is 0.839. The number of hydrogen-bond acceptors (Lipinski definition) is 3. The van der Waals surface area contributed by atoms with Crippen molar-refractivity contribution in [2.24, 2.45) is 5.73 Å². The fourth-order valence-electron chi connectivity index (χ4n) is 2.48. The van der Waals surface area contributed by atoms with E-state index in [4.69, 9.17) is 5.73 Å². The molecule has 19 heavy (non-hydrogen) atoms. The molecule has 1 aromatic carbocycles. The molecule has 0 bridgehead atoms. The van der Waals surface area contributed by atoms with Gasteiger partial charge < -0.3 is 11.1 Å². The van der Waals surface area contributed by atoms with Crippen LogP contribution in [0.2, 0.25) is 0 Å². The maximum absolute atomic E-state index is 12.0. The highest BCUT2D eigenvalue weighted by Crippen LogP contribution is 2.12. The Morgan fingerprint density at radius 2 is 1.95 bits per heavy atom. The number of rotatable bonds is 5. The van der Waals surface area contributed by atoms with E-state index in [1.54, 1.807) is 0 Å². The summed E-state index contributed by atoms with van der Waals surface area (Å²) in [4.78, 5) is 14.4. The molecule has 4 nitrogen and oxygen atoms in total. The Hall–Kier alpha value is -1.39. The molecule has 2 unspecified atom stereocenters. The summed E-state index contributed by atoms with van der Waals surface area (Å²) in [5.41, 5.74) is 6.81. The Kier molecular flexibility index (Phi) is 4.93. The summed E-state index contributed by atoms with van der Waals surface area (Å²) in [5.74, 6) is -0.0998. The second kappa shape index (κ2) is 6.68. The van der Waals surface area contributed by atoms with Gasteiger partial charge in [0.1, 0.15) is 6.04 Å². The molecule has 4 heteroatoms. The standard InChI is InChI=1S/C15H23N3O/c1-12(18-9-5-6-10-18)11-17-15(19)14(16)13-7-3-2-4-8-13/h2-4,7-8,12,14H,5-6,9-11,16H2,1H3,(H,17,19). The van der Waals surface area contributed by atoms with Gasteiger partial charge in [0.2, 0.25) is 5.91 Å². The third-order valence-corrected chi connectivity index (χ3v) is 3.78. The van der Waals surface area contributed by atoms with Gasteiger partial charge in [0.25, 0.3) is 0 Å². The van der Waals surface area contributed by atoms with E-state index in [-0.39, 0.29) is 5.91 Å². The van der Waals surface area contributed by atoms with Gasteiger partial charge in [0.15, 0.2) is 0 Å². The Morgan fingerprint density at radius 3 is 2.58 bits per heavy atom. The summed E-state index contributed by atoms with van der Waals surface area (Å²) in [7, 11) is 0. The van der Waals surface area contributed by atoms with Crippen LogP contribution in [0.1, 0.15) is 31.4 Å². The van der Waals surface area contributed by atoms with E-state index >= 15 is 0 Å². The molecule has 0 aromatic heterocycles. The van der Waals surface area contributed by atoms with E-state index in [9.17, 15) is 4.79 Å². The summed E-state index contributed by atoms with van der Waals surface area (Å²) in [6, 6.07) is 9.29. The molecule has 0 spiro atoms. The zero-order valence-electron chi connectivity index (χ0n) is 11.5. The van der Waals surface area contributed by atoms with Gasteiger partial charge in [-0.3, -0.25) is 9.69 Å². The van der Waals surface area contributed by atoms with Gasteiger partial charge >= 0.3 is 0 Å². The third kappa shape index (κ3) is 3.78. The van der Waals surface area contributed by atoms with Gasteiger partial charge in [0.05, 0.1) is 0 Å². The predicted octanol–water partition coefficient (Wildman–Crippen LogP) is 1.29. The van der Waals surface area contributed by atoms with Crippen LogP contribution < -0.4 is 11.1 Å². The smallest absolute Gasteiger partial charge is 0.241 e. The number of hydrogen-bond donors (Lipinski definition) is 2. The van der Waals surface area contributed by atoms with E-state index in [0.717, 1.165) is 18.7 Å². The number of benzene rings is 1. The maximum Gasteiger partial charge on any atom is 0.241 e. The maximum atomic E-state index is 12.0. The van der Waals surface area contributed by atoms with Crippen molar-refractivity contribution in [3.63, 3.8) is 0 Å². The normalized spacial score (nSPS) is 19.1. The summed E-state index contributed by atoms with van der Waals surface area (Å²) in [6.45, 7) is 5.10. The van der Waals surface area contributed by atoms with E-state index in [2.05, 4.69) is 17.1 Å². The van der Waals surface area contributed by atoms with Crippen LogP contribution in [0.25, 0.3) is 0 Å². The first-order valence-electron chi connectivity index (χ1n) is 7.01. The minimum Gasteiger partial charge on any atom is -0.353 e. The number of nitrogens with zero attached hydrogens (tertiary/aromatic N) is 1. The lowest BCUT2D eigenvalue weighted by Gasteiger charge is -2.24. The summed E-state index contributed by atoms with van der Waals surface area (Å²) in [5, 5.41) is 2.95. The number of carbonyl (C=O) groups excluding carboxylic acids is 1. The van der Waals surface area contributed by atoms with Crippen LogP contribution in [-0.2, 0) is 4.79 Å². The number of nitrogens with two attached hydrogens (primary N) is 1. The first kappa shape index (κ1) is 14.0. The van der Waals surface area contributed by atoms with Crippen molar-refractivity contribution in [2.45, 2.75) is 31.8 Å². The Morgan fingerprint density at radius 1 is 1.32 bits per heavy atom. The fraction of sp³-hybridized carbons (Fsp3) is 0.533. The molecule has 1 aliphatic rings. The van der Waals surface area contributed by atoms with Gasteiger partial charge in [0, 0.05) is 12.6 Å². The second-order valence-electron chi connectivity index (χ2n) is 5.23. The van der Waals surface area contributed by atoms with Crippen LogP contribution >= 0.6 is 0 Å². The molecular formula is C15H23N3O. The molecule has 0 saturated carbocycles. The summed E-state index contributed by atoms with van der Waals surface area (Å²) in [6.07, 6.45) is 2.53. The molecule has 1 aliphatic heterocycles. The SMILES string of the molecule is CC(CNC(=O)C(N)c1ccccc1)N1CCCC1. The lowest BCUT2D eigenvalue weighted by molar-refractivity contribution is -0.122. The fourth-order valence-corrected chi connectivity index (χ4v) is 2.48. The van der Waals surface area contributed by atoms with Crippen molar-refractivity contribution >= 4 is 5.91 Å². The lowest BCUT2D eigenvalue weighted by atomic mass is 10.1. The average molecular weight is 261 g/mol. The second-order valence-corrected chi connectivity index (χ2v) is 5.23. The monoisotopic (exact) mass is 261 g/mol. The van der Waals surface area contributed by atoms with Crippen LogP contribution in [0, 0.1) is 0 Å². The molecule has 2 atom stereocenters. The molecular weight excluding hydrogens is 238 g/mol. The van der Waals surface area contributed by atoms with Crippen LogP contribution in [0.3, 0.4) is 0 Å². The van der Waals surface area contributed by atoms with Gasteiger partial charge in [-0.2, -0.15) is 0 Å². The van der Waals surface area contributed by atoms with Gasteiger partial charge in [-0.05, 0) is 38.4 Å². The van der Waals surface area contributed by atoms with Gasteiger partial charge in [-0.15, -0.1) is 0 Å². The largest absolute Gasteiger partial charge is 0.353 e. The van der Waals surface area contributed by atoms with Gasteiger partial charge in [-0.1, -0.05) is 30.3 Å². The molecule has 1 aromatic rings. The number of nitrogens with one attached hydrogen (secondary N) is 1. The van der Waals surface area contributed by atoms with E-state index in [1.165, 1.54) is 12.8 Å². The highest BCUT2D eigenvalue weighted by Gasteiger charge is 2.20. The summed E-state index contributed by atoms with van der Waals surface area (Å²) >= 11 is 0. The minimum absolute atomic E-state index is 0.0998. The van der Waals surface area contributed by atoms with Crippen molar-refractivity contribution in [1.29, 1.82) is 0 Å². The molecule has 1 saturated heterocycles. The first-order chi connectivity index (χ1) is 9.18. The lowest BCUT2D eigenvalue weighted by Crippen LogP contribution is -2.43. The van der Waals surface area contributed by atoms with Gasteiger partial charge in [-0.25, -0.2) is 0 Å². The molecule has 1 heterocycles. The zero-order chi connectivity index (χ0) is 13.7. The average Bonchev–Trinajstić information content (AvgIpc) is 2.98. The van der Waals surface area contributed by atoms with Crippen molar-refractivity contribution in [3.05, 3.63) is 35.9 Å². The first-order valence-corrected chi connectivity index (χ1v) is 7.01. The van der Waals surface area contributed by atoms with Crippen LogP contribution in [0.4, 0.5) is 0 Å². The van der Waals surface area contributed by atoms with Crippen LogP contribution in [0.15, 0.2) is 30.3 Å². The number of carbonyl (C=O) groups is 1. The highest BCUT2D eigenvalue weighted by atomic mass is 16.2. The van der Waals surface area contributed by atoms with Crippen molar-refractivity contribution < 1.29 is 4.79 Å². The molecule has 3 N–H and O–H groups in total. The summed E-state index contributed by atoms with van der Waals surface area (Å²) < 4.78 is 0. The molecule has 2 rings (SSSR count). The van der Waals surface area contributed by atoms with Crippen LogP contribution in [0.5, 0.6) is 0 Å². The highest BCUT2D eigenvalue weighted by molar-refractivity contribution is 5.82. The van der Waals surface area contributed by atoms with Crippen molar-refractivity contribution in [1.82, 2.24) is 10.2 Å². The number of amides is 1. The van der Waals surface area contributed by atoms with E-state index < -0.39 is 6.04 Å². The van der Waals surface area contributed by atoms with E-state index in [1.807, 2.05) is 30.3 Å². The molecule has 0 radical (unpaired) electrons. The topological polar surface area (TPSA) is 58.4 Å². The van der Waals surface area contributed by atoms with E-state index in [0.29, 0.717) is 12.6 Å². The minimum atomic E-state index is -0.577. The molecule has 1 fully saturated rings. The molecule has 1 amide bonds. The van der Waals surface area contributed by atoms with Crippen molar-refractivity contribution in [3.8, 4) is 0 Å². The Labute approximate surface area is 115 Å². The van der Waals surface area contributed by atoms with Crippen molar-refractivity contribution in [2.75, 3.05) is 19.6 Å². The van der Waals surface area contributed by atoms with Crippen LogP contribution in [-0.4, -0.2) is 36.5 Å². The molecule has 104 valence electrons. The zero-order valence-corrected chi connectivity index (χ0v) is 11.5. The third-order valence-electron chi connectivity index (χ3n) is 3.78. The number of likely N-dealkylation sites (tertiary alicyclic amines) is 1. The Balaban J connectivity index is 1.80. The predicted molar refractivity (Wildman–Crippen MR) is 76.6 cm³/mol. The Bertz CT molecular complexity index is 401. The molecule has 0 aliphatic carbocycles.